The molecule has 6 heteroatoms. The summed E-state index contributed by atoms with van der Waals surface area (Å²) in [5.41, 5.74) is 3.26. The third-order valence-corrected chi connectivity index (χ3v) is 3.97. The van der Waals surface area contributed by atoms with E-state index in [-0.39, 0.29) is 24.0 Å². The third-order valence-electron chi connectivity index (χ3n) is 3.74. The van der Waals surface area contributed by atoms with Crippen molar-refractivity contribution in [2.75, 3.05) is 7.05 Å². The molecule has 0 fully saturated rings. The van der Waals surface area contributed by atoms with E-state index in [0.717, 1.165) is 33.0 Å². The van der Waals surface area contributed by atoms with Crippen LogP contribution in [0.1, 0.15) is 11.1 Å². The number of pyridine rings is 1. The van der Waals surface area contributed by atoms with Gasteiger partial charge in [-0.05, 0) is 29.3 Å². The van der Waals surface area contributed by atoms with Gasteiger partial charge in [0.25, 0.3) is 0 Å². The zero-order valence-electron chi connectivity index (χ0n) is 13.9. The number of halogens is 2. The van der Waals surface area contributed by atoms with E-state index < -0.39 is 0 Å². The van der Waals surface area contributed by atoms with Crippen LogP contribution in [0.3, 0.4) is 0 Å². The number of nitrogens with zero attached hydrogens (tertiary/aromatic N) is 2. The van der Waals surface area contributed by atoms with Crippen LogP contribution in [0.15, 0.2) is 65.8 Å². The van der Waals surface area contributed by atoms with Crippen molar-refractivity contribution in [1.29, 1.82) is 0 Å². The number of aliphatic imine (C=N–C) groups is 1. The Morgan fingerprint density at radius 3 is 2.60 bits per heavy atom. The number of hydrogen-bond acceptors (Lipinski definition) is 2. The summed E-state index contributed by atoms with van der Waals surface area (Å²) in [6, 6.07) is 18.0. The molecule has 0 unspecified atom stereocenters. The quantitative estimate of drug-likeness (QED) is 0.341. The summed E-state index contributed by atoms with van der Waals surface area (Å²) < 4.78 is 0. The summed E-state index contributed by atoms with van der Waals surface area (Å²) in [7, 11) is 1.76. The van der Waals surface area contributed by atoms with Crippen LogP contribution in [0, 0.1) is 0 Å². The summed E-state index contributed by atoms with van der Waals surface area (Å²) in [4.78, 5) is 8.73. The molecule has 130 valence electrons. The molecule has 0 aliphatic rings. The van der Waals surface area contributed by atoms with Gasteiger partial charge < -0.3 is 10.6 Å². The van der Waals surface area contributed by atoms with Crippen LogP contribution >= 0.6 is 35.6 Å². The number of nitrogens with one attached hydrogen (secondary N) is 2. The molecule has 0 bridgehead atoms. The maximum atomic E-state index is 6.01. The molecule has 0 aliphatic heterocycles. The minimum atomic E-state index is 0. The fourth-order valence-electron chi connectivity index (χ4n) is 2.54. The van der Waals surface area contributed by atoms with Crippen molar-refractivity contribution in [3.05, 3.63) is 76.9 Å². The Balaban J connectivity index is 0.00000225. The summed E-state index contributed by atoms with van der Waals surface area (Å²) in [6.45, 7) is 1.32. The van der Waals surface area contributed by atoms with Crippen molar-refractivity contribution in [2.24, 2.45) is 4.99 Å². The first kappa shape index (κ1) is 19.5. The molecule has 4 nitrogen and oxygen atoms in total. The number of rotatable bonds is 4. The molecular formula is C19H20ClIN4. The Morgan fingerprint density at radius 2 is 1.80 bits per heavy atom. The number of guanidine groups is 1. The van der Waals surface area contributed by atoms with Crippen molar-refractivity contribution >= 4 is 52.4 Å². The number of benzene rings is 2. The van der Waals surface area contributed by atoms with Crippen LogP contribution < -0.4 is 10.6 Å². The van der Waals surface area contributed by atoms with Crippen LogP contribution in [0.5, 0.6) is 0 Å². The standard InChI is InChI=1S/C19H19ClN4.HI/c1-21-19(23-12-14-5-2-9-17(20)11-14)24-13-16-7-3-6-15-8-4-10-22-18(15)16;/h2-11H,12-13H2,1H3,(H2,21,23,24);1H. The van der Waals surface area contributed by atoms with Gasteiger partial charge in [-0.3, -0.25) is 9.98 Å². The topological polar surface area (TPSA) is 49.3 Å². The highest BCUT2D eigenvalue weighted by Crippen LogP contribution is 2.15. The van der Waals surface area contributed by atoms with E-state index in [2.05, 4.69) is 38.8 Å². The molecule has 3 rings (SSSR count). The van der Waals surface area contributed by atoms with E-state index in [0.29, 0.717) is 13.1 Å². The molecule has 0 radical (unpaired) electrons. The second-order valence-electron chi connectivity index (χ2n) is 5.40. The Labute approximate surface area is 169 Å². The maximum absolute atomic E-state index is 6.01. The van der Waals surface area contributed by atoms with Crippen LogP contribution in [0.4, 0.5) is 0 Å². The lowest BCUT2D eigenvalue weighted by molar-refractivity contribution is 0.811. The van der Waals surface area contributed by atoms with Crippen LogP contribution in [-0.4, -0.2) is 18.0 Å². The van der Waals surface area contributed by atoms with Gasteiger partial charge in [-0.2, -0.15) is 0 Å². The van der Waals surface area contributed by atoms with Crippen LogP contribution in [0.2, 0.25) is 5.02 Å². The van der Waals surface area contributed by atoms with Gasteiger partial charge in [-0.15, -0.1) is 24.0 Å². The molecule has 25 heavy (non-hydrogen) atoms. The summed E-state index contributed by atoms with van der Waals surface area (Å²) in [5, 5.41) is 8.49. The first-order valence-electron chi connectivity index (χ1n) is 7.78. The minimum Gasteiger partial charge on any atom is -0.352 e. The molecule has 1 heterocycles. The highest BCUT2D eigenvalue weighted by atomic mass is 127. The van der Waals surface area contributed by atoms with Gasteiger partial charge >= 0.3 is 0 Å². The van der Waals surface area contributed by atoms with Gasteiger partial charge in [0.05, 0.1) is 5.52 Å². The van der Waals surface area contributed by atoms with Gasteiger partial charge in [-0.25, -0.2) is 0 Å². The predicted molar refractivity (Wildman–Crippen MR) is 116 cm³/mol. The van der Waals surface area contributed by atoms with E-state index in [9.17, 15) is 0 Å². The lowest BCUT2D eigenvalue weighted by Crippen LogP contribution is -2.36. The van der Waals surface area contributed by atoms with Gasteiger partial charge in [0.15, 0.2) is 5.96 Å². The van der Waals surface area contributed by atoms with Crippen molar-refractivity contribution in [1.82, 2.24) is 15.6 Å². The molecule has 2 aromatic carbocycles. The normalized spacial score (nSPS) is 11.0. The van der Waals surface area contributed by atoms with E-state index in [1.165, 1.54) is 0 Å². The molecule has 0 aliphatic carbocycles. The fourth-order valence-corrected chi connectivity index (χ4v) is 2.76. The van der Waals surface area contributed by atoms with Crippen molar-refractivity contribution in [3.63, 3.8) is 0 Å². The first-order valence-corrected chi connectivity index (χ1v) is 8.15. The van der Waals surface area contributed by atoms with E-state index in [1.807, 2.05) is 42.6 Å². The molecular weight excluding hydrogens is 447 g/mol. The number of para-hydroxylation sites is 1. The SMILES string of the molecule is CN=C(NCc1cccc(Cl)c1)NCc1cccc2cccnc12.I. The third kappa shape index (κ3) is 5.31. The second kappa shape index (κ2) is 9.58. The Bertz CT molecular complexity index is 861. The van der Waals surface area contributed by atoms with E-state index in [1.54, 1.807) is 7.05 Å². The minimum absolute atomic E-state index is 0. The fraction of sp³-hybridized carbons (Fsp3) is 0.158. The molecule has 1 aromatic heterocycles. The molecule has 0 saturated heterocycles. The van der Waals surface area contributed by atoms with E-state index >= 15 is 0 Å². The summed E-state index contributed by atoms with van der Waals surface area (Å²) in [6.07, 6.45) is 1.82. The van der Waals surface area contributed by atoms with E-state index in [4.69, 9.17) is 11.6 Å². The number of aromatic nitrogens is 1. The number of fused-ring (bicyclic) bond motifs is 1. The highest BCUT2D eigenvalue weighted by molar-refractivity contribution is 14.0. The zero-order valence-corrected chi connectivity index (χ0v) is 17.0. The largest absolute Gasteiger partial charge is 0.352 e. The Kier molecular flexibility index (Phi) is 7.46. The average molecular weight is 467 g/mol. The molecule has 3 aromatic rings. The lowest BCUT2D eigenvalue weighted by atomic mass is 10.1. The predicted octanol–water partition coefficient (Wildman–Crippen LogP) is 4.37. The summed E-state index contributed by atoms with van der Waals surface area (Å²) >= 11 is 6.01. The molecule has 0 spiro atoms. The smallest absolute Gasteiger partial charge is 0.191 e. The zero-order chi connectivity index (χ0) is 16.8. The number of hydrogen-bond donors (Lipinski definition) is 2. The van der Waals surface area contributed by atoms with Crippen molar-refractivity contribution in [2.45, 2.75) is 13.1 Å². The molecule has 0 atom stereocenters. The Hall–Kier alpha value is -1.86. The van der Waals surface area contributed by atoms with Crippen LogP contribution in [-0.2, 0) is 13.1 Å². The molecule has 2 N–H and O–H groups in total. The Morgan fingerprint density at radius 1 is 1.04 bits per heavy atom. The molecule has 0 saturated carbocycles. The first-order chi connectivity index (χ1) is 11.8. The van der Waals surface area contributed by atoms with Gasteiger partial charge in [-0.1, -0.05) is 48.0 Å². The summed E-state index contributed by atoms with van der Waals surface area (Å²) in [5.74, 6) is 0.739. The van der Waals surface area contributed by atoms with Gasteiger partial charge in [0.2, 0.25) is 0 Å². The monoisotopic (exact) mass is 466 g/mol. The molecule has 0 amide bonds. The lowest BCUT2D eigenvalue weighted by Gasteiger charge is -2.13. The van der Waals surface area contributed by atoms with Crippen molar-refractivity contribution in [3.8, 4) is 0 Å². The maximum Gasteiger partial charge on any atom is 0.191 e. The van der Waals surface area contributed by atoms with Gasteiger partial charge in [0.1, 0.15) is 0 Å². The average Bonchev–Trinajstić information content (AvgIpc) is 2.62. The van der Waals surface area contributed by atoms with Crippen molar-refractivity contribution < 1.29 is 0 Å². The second-order valence-corrected chi connectivity index (χ2v) is 5.84. The highest BCUT2D eigenvalue weighted by Gasteiger charge is 2.03. The van der Waals surface area contributed by atoms with Gasteiger partial charge in [0, 0.05) is 36.7 Å². The van der Waals surface area contributed by atoms with Crippen LogP contribution in [0.25, 0.3) is 10.9 Å².